The Bertz CT molecular complexity index is 553. The summed E-state index contributed by atoms with van der Waals surface area (Å²) in [7, 11) is 3.45. The topological polar surface area (TPSA) is 72.2 Å². The lowest BCUT2D eigenvalue weighted by atomic mass is 10.2. The summed E-state index contributed by atoms with van der Waals surface area (Å²) < 4.78 is 6.96. The molecule has 0 saturated heterocycles. The molecule has 1 heterocycles. The number of phenols is 1. The molecular formula is C13H18N4O2. The Kier molecular flexibility index (Phi) is 4.01. The van der Waals surface area contributed by atoms with Gasteiger partial charge < -0.3 is 19.7 Å². The fourth-order valence-electron chi connectivity index (χ4n) is 1.88. The summed E-state index contributed by atoms with van der Waals surface area (Å²) in [4.78, 5) is 0. The summed E-state index contributed by atoms with van der Waals surface area (Å²) in [5, 5.41) is 20.8. The van der Waals surface area contributed by atoms with Crippen LogP contribution in [-0.4, -0.2) is 27.0 Å². The normalized spacial score (nSPS) is 12.4. The number of methoxy groups -OCH3 is 1. The summed E-state index contributed by atoms with van der Waals surface area (Å²) in [5.74, 6) is 1.50. The first-order valence-electron chi connectivity index (χ1n) is 6.05. The third-order valence-electron chi connectivity index (χ3n) is 2.99. The van der Waals surface area contributed by atoms with Crippen LogP contribution in [0.5, 0.6) is 11.5 Å². The van der Waals surface area contributed by atoms with Crippen molar-refractivity contribution in [3.8, 4) is 11.5 Å². The molecule has 2 N–H and O–H groups in total. The van der Waals surface area contributed by atoms with E-state index >= 15 is 0 Å². The number of nitrogens with one attached hydrogen (secondary N) is 1. The quantitative estimate of drug-likeness (QED) is 0.851. The predicted molar refractivity (Wildman–Crippen MR) is 70.9 cm³/mol. The van der Waals surface area contributed by atoms with Gasteiger partial charge in [0.25, 0.3) is 0 Å². The Balaban J connectivity index is 2.01. The van der Waals surface area contributed by atoms with Crippen molar-refractivity contribution >= 4 is 0 Å². The van der Waals surface area contributed by atoms with Crippen LogP contribution in [0.15, 0.2) is 24.5 Å². The van der Waals surface area contributed by atoms with E-state index in [1.54, 1.807) is 12.4 Å². The second-order valence-corrected chi connectivity index (χ2v) is 4.41. The smallest absolute Gasteiger partial charge is 0.160 e. The number of aryl methyl sites for hydroxylation is 1. The van der Waals surface area contributed by atoms with Crippen LogP contribution in [0.25, 0.3) is 0 Å². The summed E-state index contributed by atoms with van der Waals surface area (Å²) in [6.07, 6.45) is 1.68. The molecule has 102 valence electrons. The van der Waals surface area contributed by atoms with Crippen LogP contribution in [-0.2, 0) is 13.6 Å². The predicted octanol–water partition coefficient (Wildman–Crippen LogP) is 1.38. The van der Waals surface area contributed by atoms with E-state index in [1.807, 2.05) is 30.7 Å². The third kappa shape index (κ3) is 3.03. The number of rotatable bonds is 5. The maximum absolute atomic E-state index is 9.53. The second kappa shape index (κ2) is 5.71. The molecule has 0 fully saturated rings. The van der Waals surface area contributed by atoms with Gasteiger partial charge in [0.05, 0.1) is 13.2 Å². The van der Waals surface area contributed by atoms with Crippen LogP contribution in [0.4, 0.5) is 0 Å². The van der Waals surface area contributed by atoms with Crippen LogP contribution in [0.2, 0.25) is 0 Å². The molecule has 0 aliphatic heterocycles. The van der Waals surface area contributed by atoms with Crippen LogP contribution in [0.1, 0.15) is 24.4 Å². The summed E-state index contributed by atoms with van der Waals surface area (Å²) in [6.45, 7) is 2.69. The highest BCUT2D eigenvalue weighted by Crippen LogP contribution is 2.26. The van der Waals surface area contributed by atoms with Crippen LogP contribution in [0.3, 0.4) is 0 Å². The Labute approximate surface area is 112 Å². The minimum Gasteiger partial charge on any atom is -0.504 e. The average molecular weight is 262 g/mol. The Morgan fingerprint density at radius 2 is 2.26 bits per heavy atom. The van der Waals surface area contributed by atoms with E-state index in [-0.39, 0.29) is 11.8 Å². The molecule has 1 aromatic carbocycles. The van der Waals surface area contributed by atoms with Crippen molar-refractivity contribution in [2.75, 3.05) is 7.11 Å². The molecule has 0 spiro atoms. The lowest BCUT2D eigenvalue weighted by Crippen LogP contribution is -2.21. The molecule has 19 heavy (non-hydrogen) atoms. The Hall–Kier alpha value is -2.08. The van der Waals surface area contributed by atoms with Crippen molar-refractivity contribution in [2.24, 2.45) is 7.05 Å². The molecule has 0 radical (unpaired) electrons. The largest absolute Gasteiger partial charge is 0.504 e. The maximum Gasteiger partial charge on any atom is 0.160 e. The standard InChI is InChI=1S/C13H18N4O2/c1-9(13-16-15-8-17(13)2)14-7-10-4-5-11(18)12(6-10)19-3/h4-6,8-9,14,18H,7H2,1-3H3. The first-order valence-corrected chi connectivity index (χ1v) is 6.05. The van der Waals surface area contributed by atoms with Crippen LogP contribution >= 0.6 is 0 Å². The van der Waals surface area contributed by atoms with E-state index < -0.39 is 0 Å². The van der Waals surface area contributed by atoms with E-state index in [0.29, 0.717) is 12.3 Å². The number of hydrogen-bond acceptors (Lipinski definition) is 5. The van der Waals surface area contributed by atoms with Gasteiger partial charge in [0.15, 0.2) is 11.5 Å². The zero-order chi connectivity index (χ0) is 13.8. The van der Waals surface area contributed by atoms with Crippen molar-refractivity contribution in [1.82, 2.24) is 20.1 Å². The van der Waals surface area contributed by atoms with Gasteiger partial charge in [0, 0.05) is 13.6 Å². The molecule has 6 nitrogen and oxygen atoms in total. The molecule has 0 bridgehead atoms. The number of nitrogens with zero attached hydrogens (tertiary/aromatic N) is 3. The fourth-order valence-corrected chi connectivity index (χ4v) is 1.88. The van der Waals surface area contributed by atoms with Gasteiger partial charge in [0.1, 0.15) is 12.2 Å². The molecule has 0 aliphatic rings. The first kappa shape index (κ1) is 13.4. The SMILES string of the molecule is COc1cc(CNC(C)c2nncn2C)ccc1O. The zero-order valence-corrected chi connectivity index (χ0v) is 11.3. The molecule has 2 rings (SSSR count). The van der Waals surface area contributed by atoms with Crippen molar-refractivity contribution in [3.63, 3.8) is 0 Å². The van der Waals surface area contributed by atoms with E-state index in [4.69, 9.17) is 4.74 Å². The lowest BCUT2D eigenvalue weighted by Gasteiger charge is -2.13. The molecule has 1 atom stereocenters. The highest BCUT2D eigenvalue weighted by atomic mass is 16.5. The minimum atomic E-state index is 0.0901. The van der Waals surface area contributed by atoms with Crippen molar-refractivity contribution < 1.29 is 9.84 Å². The summed E-state index contributed by atoms with van der Waals surface area (Å²) in [5.41, 5.74) is 1.03. The number of aromatic nitrogens is 3. The van der Waals surface area contributed by atoms with E-state index in [1.165, 1.54) is 7.11 Å². The number of phenolic OH excluding ortho intramolecular Hbond substituents is 1. The van der Waals surface area contributed by atoms with Gasteiger partial charge in [-0.15, -0.1) is 10.2 Å². The highest BCUT2D eigenvalue weighted by molar-refractivity contribution is 5.41. The van der Waals surface area contributed by atoms with Gasteiger partial charge in [0.2, 0.25) is 0 Å². The molecule has 1 unspecified atom stereocenters. The molecule has 0 saturated carbocycles. The lowest BCUT2D eigenvalue weighted by molar-refractivity contribution is 0.372. The monoisotopic (exact) mass is 262 g/mol. The number of aromatic hydroxyl groups is 1. The van der Waals surface area contributed by atoms with Gasteiger partial charge >= 0.3 is 0 Å². The summed E-state index contributed by atoms with van der Waals surface area (Å²) in [6, 6.07) is 5.38. The minimum absolute atomic E-state index is 0.0901. The van der Waals surface area contributed by atoms with E-state index in [9.17, 15) is 5.11 Å². The fraction of sp³-hybridized carbons (Fsp3) is 0.385. The second-order valence-electron chi connectivity index (χ2n) is 4.41. The maximum atomic E-state index is 9.53. The molecular weight excluding hydrogens is 244 g/mol. The van der Waals surface area contributed by atoms with Gasteiger partial charge in [-0.25, -0.2) is 0 Å². The van der Waals surface area contributed by atoms with Crippen molar-refractivity contribution in [1.29, 1.82) is 0 Å². The Morgan fingerprint density at radius 1 is 1.47 bits per heavy atom. The van der Waals surface area contributed by atoms with Gasteiger partial charge in [-0.3, -0.25) is 0 Å². The third-order valence-corrected chi connectivity index (χ3v) is 2.99. The highest BCUT2D eigenvalue weighted by Gasteiger charge is 2.11. The number of hydrogen-bond donors (Lipinski definition) is 2. The molecule has 0 amide bonds. The number of ether oxygens (including phenoxy) is 1. The molecule has 0 aliphatic carbocycles. The average Bonchev–Trinajstić information content (AvgIpc) is 2.83. The van der Waals surface area contributed by atoms with Gasteiger partial charge in [-0.1, -0.05) is 6.07 Å². The van der Waals surface area contributed by atoms with E-state index in [0.717, 1.165) is 11.4 Å². The van der Waals surface area contributed by atoms with Crippen LogP contribution in [0, 0.1) is 0 Å². The van der Waals surface area contributed by atoms with Gasteiger partial charge in [-0.2, -0.15) is 0 Å². The van der Waals surface area contributed by atoms with Crippen molar-refractivity contribution in [3.05, 3.63) is 35.9 Å². The van der Waals surface area contributed by atoms with Gasteiger partial charge in [-0.05, 0) is 24.6 Å². The first-order chi connectivity index (χ1) is 9.11. The molecule has 1 aromatic heterocycles. The Morgan fingerprint density at radius 3 is 2.89 bits per heavy atom. The van der Waals surface area contributed by atoms with Crippen molar-refractivity contribution in [2.45, 2.75) is 19.5 Å². The number of benzene rings is 1. The zero-order valence-electron chi connectivity index (χ0n) is 11.3. The summed E-state index contributed by atoms with van der Waals surface area (Å²) >= 11 is 0. The van der Waals surface area contributed by atoms with Crippen LogP contribution < -0.4 is 10.1 Å². The molecule has 2 aromatic rings. The molecule has 6 heteroatoms. The van der Waals surface area contributed by atoms with E-state index in [2.05, 4.69) is 15.5 Å².